The summed E-state index contributed by atoms with van der Waals surface area (Å²) in [6.45, 7) is 7.70. The van der Waals surface area contributed by atoms with Crippen LogP contribution in [-0.4, -0.2) is 60.6 Å². The van der Waals surface area contributed by atoms with Crippen molar-refractivity contribution < 1.29 is 22.7 Å². The van der Waals surface area contributed by atoms with Gasteiger partial charge in [-0.2, -0.15) is 13.2 Å². The van der Waals surface area contributed by atoms with E-state index in [1.165, 1.54) is 12.3 Å². The molecule has 1 aromatic rings. The molecular weight excluding hydrogens is 387 g/mol. The fraction of sp³-hybridized carbons (Fsp3) is 0.632. The lowest BCUT2D eigenvalue weighted by Crippen LogP contribution is -2.45. The standard InChI is InChI=1S/C19H28F3N5O2/c1-4-23-18(26-14-7-10-27(12-14)17(28)13(2)3)25-9-11-29-16-15(19(20,21)22)6-5-8-24-16/h5-6,8,13-14H,4,7,9-12H2,1-3H3,(H2,23,25,26). The van der Waals surface area contributed by atoms with Crippen LogP contribution < -0.4 is 15.4 Å². The maximum absolute atomic E-state index is 13.0. The highest BCUT2D eigenvalue weighted by Gasteiger charge is 2.35. The Labute approximate surface area is 168 Å². The van der Waals surface area contributed by atoms with Gasteiger partial charge in [0.1, 0.15) is 12.2 Å². The van der Waals surface area contributed by atoms with Crippen molar-refractivity contribution in [1.29, 1.82) is 0 Å². The topological polar surface area (TPSA) is 78.9 Å². The van der Waals surface area contributed by atoms with E-state index < -0.39 is 17.6 Å². The van der Waals surface area contributed by atoms with E-state index in [0.717, 1.165) is 12.5 Å². The first-order chi connectivity index (χ1) is 13.7. The number of guanidine groups is 1. The molecule has 1 aromatic heterocycles. The van der Waals surface area contributed by atoms with Gasteiger partial charge >= 0.3 is 6.18 Å². The molecule has 29 heavy (non-hydrogen) atoms. The summed E-state index contributed by atoms with van der Waals surface area (Å²) in [5.74, 6) is 0.172. The van der Waals surface area contributed by atoms with Crippen LogP contribution in [0.25, 0.3) is 0 Å². The lowest BCUT2D eigenvalue weighted by atomic mass is 10.2. The van der Waals surface area contributed by atoms with Gasteiger partial charge in [-0.05, 0) is 25.5 Å². The van der Waals surface area contributed by atoms with E-state index in [1.54, 1.807) is 0 Å². The van der Waals surface area contributed by atoms with Crippen LogP contribution in [0, 0.1) is 5.92 Å². The lowest BCUT2D eigenvalue weighted by molar-refractivity contribution is -0.139. The molecule has 0 radical (unpaired) electrons. The summed E-state index contributed by atoms with van der Waals surface area (Å²) in [6, 6.07) is 2.22. The van der Waals surface area contributed by atoms with Gasteiger partial charge in [-0.15, -0.1) is 0 Å². The van der Waals surface area contributed by atoms with Gasteiger partial charge in [0.05, 0.1) is 6.54 Å². The molecule has 0 aliphatic carbocycles. The van der Waals surface area contributed by atoms with Gasteiger partial charge < -0.3 is 20.3 Å². The second-order valence-corrected chi connectivity index (χ2v) is 7.03. The Morgan fingerprint density at radius 2 is 2.21 bits per heavy atom. The maximum atomic E-state index is 13.0. The van der Waals surface area contributed by atoms with Crippen molar-refractivity contribution in [1.82, 2.24) is 20.5 Å². The summed E-state index contributed by atoms with van der Waals surface area (Å²) in [5, 5.41) is 6.36. The Morgan fingerprint density at radius 1 is 1.45 bits per heavy atom. The largest absolute Gasteiger partial charge is 0.475 e. The molecule has 2 N–H and O–H groups in total. The van der Waals surface area contributed by atoms with Crippen molar-refractivity contribution in [3.8, 4) is 5.88 Å². The van der Waals surface area contributed by atoms with Gasteiger partial charge in [-0.3, -0.25) is 4.79 Å². The summed E-state index contributed by atoms with van der Waals surface area (Å²) < 4.78 is 44.1. The van der Waals surface area contributed by atoms with Gasteiger partial charge in [0, 0.05) is 37.8 Å². The number of carbonyl (C=O) groups is 1. The van der Waals surface area contributed by atoms with E-state index in [9.17, 15) is 18.0 Å². The van der Waals surface area contributed by atoms with Crippen LogP contribution in [0.15, 0.2) is 23.3 Å². The number of pyridine rings is 1. The van der Waals surface area contributed by atoms with Gasteiger partial charge in [-0.1, -0.05) is 13.8 Å². The van der Waals surface area contributed by atoms with Crippen molar-refractivity contribution in [2.45, 2.75) is 39.4 Å². The number of nitrogens with zero attached hydrogens (tertiary/aromatic N) is 3. The molecule has 0 aromatic carbocycles. The Morgan fingerprint density at radius 3 is 2.86 bits per heavy atom. The quantitative estimate of drug-likeness (QED) is 0.406. The smallest absolute Gasteiger partial charge is 0.421 e. The van der Waals surface area contributed by atoms with Gasteiger partial charge in [0.2, 0.25) is 11.8 Å². The van der Waals surface area contributed by atoms with Crippen LogP contribution in [0.2, 0.25) is 0 Å². The molecule has 1 atom stereocenters. The van der Waals surface area contributed by atoms with E-state index in [1.807, 2.05) is 25.7 Å². The molecule has 0 bridgehead atoms. The molecule has 162 valence electrons. The lowest BCUT2D eigenvalue weighted by Gasteiger charge is -2.20. The zero-order valence-corrected chi connectivity index (χ0v) is 16.9. The molecule has 1 fully saturated rings. The monoisotopic (exact) mass is 415 g/mol. The third-order valence-corrected chi connectivity index (χ3v) is 4.36. The molecule has 0 saturated carbocycles. The van der Waals surface area contributed by atoms with Gasteiger partial charge in [-0.25, -0.2) is 9.98 Å². The number of hydrogen-bond donors (Lipinski definition) is 2. The molecule has 10 heteroatoms. The van der Waals surface area contributed by atoms with Crippen LogP contribution in [0.1, 0.15) is 32.8 Å². The summed E-state index contributed by atoms with van der Waals surface area (Å²) in [6.07, 6.45) is -2.46. The third-order valence-electron chi connectivity index (χ3n) is 4.36. The van der Waals surface area contributed by atoms with Gasteiger partial charge in [0.15, 0.2) is 5.96 Å². The SMILES string of the molecule is CCNC(=NCCOc1ncccc1C(F)(F)F)NC1CCN(C(=O)C(C)C)C1. The molecule has 1 unspecified atom stereocenters. The van der Waals surface area contributed by atoms with Crippen molar-refractivity contribution >= 4 is 11.9 Å². The fourth-order valence-corrected chi connectivity index (χ4v) is 2.98. The first-order valence-electron chi connectivity index (χ1n) is 9.71. The molecule has 1 saturated heterocycles. The Hall–Kier alpha value is -2.52. The van der Waals surface area contributed by atoms with Crippen LogP contribution in [0.4, 0.5) is 13.2 Å². The molecule has 2 rings (SSSR count). The number of amides is 1. The number of carbonyl (C=O) groups excluding carboxylic acids is 1. The van der Waals surface area contributed by atoms with E-state index in [-0.39, 0.29) is 31.0 Å². The Bertz CT molecular complexity index is 709. The summed E-state index contributed by atoms with van der Waals surface area (Å²) in [5.41, 5.74) is -0.908. The number of likely N-dealkylation sites (tertiary alicyclic amines) is 1. The molecule has 2 heterocycles. The Kier molecular flexibility index (Phi) is 8.10. The number of aliphatic imine (C=N–C) groups is 1. The average molecular weight is 415 g/mol. The van der Waals surface area contributed by atoms with Crippen LogP contribution in [0.5, 0.6) is 5.88 Å². The molecular formula is C19H28F3N5O2. The Balaban J connectivity index is 1.88. The number of nitrogens with one attached hydrogen (secondary N) is 2. The van der Waals surface area contributed by atoms with Crippen molar-refractivity contribution in [2.24, 2.45) is 10.9 Å². The number of aromatic nitrogens is 1. The molecule has 0 spiro atoms. The summed E-state index contributed by atoms with van der Waals surface area (Å²) in [4.78, 5) is 21.9. The first-order valence-corrected chi connectivity index (χ1v) is 9.71. The zero-order chi connectivity index (χ0) is 21.4. The highest BCUT2D eigenvalue weighted by Crippen LogP contribution is 2.34. The maximum Gasteiger partial charge on any atom is 0.421 e. The van der Waals surface area contributed by atoms with Crippen molar-refractivity contribution in [3.05, 3.63) is 23.9 Å². The molecule has 1 amide bonds. The van der Waals surface area contributed by atoms with E-state index in [0.29, 0.717) is 25.6 Å². The van der Waals surface area contributed by atoms with Crippen molar-refractivity contribution in [3.63, 3.8) is 0 Å². The minimum Gasteiger partial charge on any atom is -0.475 e. The predicted molar refractivity (Wildman–Crippen MR) is 104 cm³/mol. The number of halogens is 3. The third kappa shape index (κ3) is 6.79. The molecule has 1 aliphatic heterocycles. The van der Waals surface area contributed by atoms with Crippen LogP contribution in [0.3, 0.4) is 0 Å². The second kappa shape index (κ2) is 10.3. The minimum absolute atomic E-state index is 0.0408. The van der Waals surface area contributed by atoms with Gasteiger partial charge in [0.25, 0.3) is 0 Å². The number of rotatable bonds is 7. The summed E-state index contributed by atoms with van der Waals surface area (Å²) in [7, 11) is 0. The number of alkyl halides is 3. The van der Waals surface area contributed by atoms with E-state index in [4.69, 9.17) is 4.74 Å². The van der Waals surface area contributed by atoms with E-state index in [2.05, 4.69) is 20.6 Å². The number of ether oxygens (including phenoxy) is 1. The second-order valence-electron chi connectivity index (χ2n) is 7.03. The normalized spacial score (nSPS) is 17.6. The highest BCUT2D eigenvalue weighted by molar-refractivity contribution is 5.81. The van der Waals surface area contributed by atoms with Crippen LogP contribution in [-0.2, 0) is 11.0 Å². The summed E-state index contributed by atoms with van der Waals surface area (Å²) >= 11 is 0. The average Bonchev–Trinajstić information content (AvgIpc) is 3.12. The fourth-order valence-electron chi connectivity index (χ4n) is 2.98. The first kappa shape index (κ1) is 22.8. The van der Waals surface area contributed by atoms with Crippen LogP contribution >= 0.6 is 0 Å². The minimum atomic E-state index is -4.52. The molecule has 1 aliphatic rings. The van der Waals surface area contributed by atoms with E-state index >= 15 is 0 Å². The number of hydrogen-bond acceptors (Lipinski definition) is 4. The predicted octanol–water partition coefficient (Wildman–Crippen LogP) is 2.29. The highest BCUT2D eigenvalue weighted by atomic mass is 19.4. The molecule has 7 nitrogen and oxygen atoms in total. The van der Waals surface area contributed by atoms with Crippen molar-refractivity contribution in [2.75, 3.05) is 32.8 Å². The zero-order valence-electron chi connectivity index (χ0n) is 16.9.